The van der Waals surface area contributed by atoms with Gasteiger partial charge in [0, 0.05) is 16.8 Å². The van der Waals surface area contributed by atoms with E-state index in [1.54, 1.807) is 43.6 Å². The third kappa shape index (κ3) is 2.12. The maximum atomic E-state index is 12.0. The molecular weight excluding hydrogens is 226 g/mol. The Morgan fingerprint density at radius 1 is 1.38 bits per heavy atom. The lowest BCUT2D eigenvalue weighted by atomic mass is 10.1. The minimum atomic E-state index is -0.358. The first-order valence-electron chi connectivity index (χ1n) is 4.84. The fourth-order valence-corrected chi connectivity index (χ4v) is 1.53. The summed E-state index contributed by atoms with van der Waals surface area (Å²) in [6, 6.07) is 6.45. The van der Waals surface area contributed by atoms with Crippen molar-refractivity contribution in [1.82, 2.24) is 15.0 Å². The summed E-state index contributed by atoms with van der Waals surface area (Å²) in [5.74, 6) is -0.0119. The van der Waals surface area contributed by atoms with Crippen LogP contribution in [-0.2, 0) is 0 Å². The van der Waals surface area contributed by atoms with Crippen LogP contribution in [0, 0.1) is 0 Å². The first-order chi connectivity index (χ1) is 7.68. The topological polar surface area (TPSA) is 47.8 Å². The molecule has 0 fully saturated rings. The Bertz CT molecular complexity index is 478. The lowest BCUT2D eigenvalue weighted by Gasteiger charge is -2.09. The summed E-state index contributed by atoms with van der Waals surface area (Å²) in [4.78, 5) is 12.0. The number of nitrogens with zero attached hydrogens (tertiary/aromatic N) is 3. The van der Waals surface area contributed by atoms with Crippen LogP contribution in [0.4, 0.5) is 0 Å². The van der Waals surface area contributed by atoms with Gasteiger partial charge in [-0.2, -0.15) is 0 Å². The highest BCUT2D eigenvalue weighted by Gasteiger charge is 2.17. The molecule has 1 atom stereocenters. The number of carbonyl (C=O) groups excluding carboxylic acids is 1. The van der Waals surface area contributed by atoms with Crippen molar-refractivity contribution in [2.24, 2.45) is 0 Å². The minimum absolute atomic E-state index is 0.0119. The second-order valence-electron chi connectivity index (χ2n) is 3.43. The molecule has 0 spiro atoms. The molecule has 2 aromatic rings. The van der Waals surface area contributed by atoms with E-state index in [0.29, 0.717) is 10.6 Å². The van der Waals surface area contributed by atoms with Crippen LogP contribution in [-0.4, -0.2) is 20.8 Å². The number of rotatable bonds is 3. The molecule has 0 saturated carbocycles. The third-order valence-corrected chi connectivity index (χ3v) is 2.60. The Balaban J connectivity index is 2.22. The molecule has 5 heteroatoms. The third-order valence-electron chi connectivity index (χ3n) is 2.35. The number of halogens is 1. The van der Waals surface area contributed by atoms with Gasteiger partial charge in [-0.05, 0) is 31.2 Å². The summed E-state index contributed by atoms with van der Waals surface area (Å²) in [6.07, 6.45) is 3.21. The predicted octanol–water partition coefficient (Wildman–Crippen LogP) is 2.38. The molecule has 0 aliphatic heterocycles. The van der Waals surface area contributed by atoms with E-state index in [1.807, 2.05) is 0 Å². The van der Waals surface area contributed by atoms with Crippen LogP contribution < -0.4 is 0 Å². The number of aromatic nitrogens is 3. The predicted molar refractivity (Wildman–Crippen MR) is 60.5 cm³/mol. The van der Waals surface area contributed by atoms with E-state index in [4.69, 9.17) is 11.6 Å². The largest absolute Gasteiger partial charge is 0.292 e. The van der Waals surface area contributed by atoms with E-state index in [0.717, 1.165) is 0 Å². The smallest absolute Gasteiger partial charge is 0.187 e. The van der Waals surface area contributed by atoms with Crippen molar-refractivity contribution < 1.29 is 4.79 Å². The van der Waals surface area contributed by atoms with E-state index >= 15 is 0 Å². The number of ketones is 1. The molecule has 0 amide bonds. The van der Waals surface area contributed by atoms with E-state index in [1.165, 1.54) is 4.68 Å². The Morgan fingerprint density at radius 2 is 2.06 bits per heavy atom. The van der Waals surface area contributed by atoms with Crippen LogP contribution in [0.2, 0.25) is 5.02 Å². The van der Waals surface area contributed by atoms with Gasteiger partial charge in [-0.1, -0.05) is 16.8 Å². The second-order valence-corrected chi connectivity index (χ2v) is 3.87. The molecule has 1 heterocycles. The van der Waals surface area contributed by atoms with Gasteiger partial charge in [0.2, 0.25) is 0 Å². The highest BCUT2D eigenvalue weighted by Crippen LogP contribution is 2.15. The zero-order valence-corrected chi connectivity index (χ0v) is 9.43. The van der Waals surface area contributed by atoms with Gasteiger partial charge in [-0.15, -0.1) is 5.10 Å². The van der Waals surface area contributed by atoms with Crippen LogP contribution in [0.15, 0.2) is 36.7 Å². The zero-order chi connectivity index (χ0) is 11.5. The molecule has 1 aromatic carbocycles. The van der Waals surface area contributed by atoms with Crippen molar-refractivity contribution in [3.63, 3.8) is 0 Å². The summed E-state index contributed by atoms with van der Waals surface area (Å²) < 4.78 is 1.52. The molecule has 0 N–H and O–H groups in total. The van der Waals surface area contributed by atoms with Crippen LogP contribution in [0.3, 0.4) is 0 Å². The van der Waals surface area contributed by atoms with E-state index in [9.17, 15) is 4.79 Å². The number of Topliss-reactive ketones (excluding diaryl/α,β-unsaturated/α-hetero) is 1. The van der Waals surface area contributed by atoms with Gasteiger partial charge in [-0.3, -0.25) is 4.79 Å². The lowest BCUT2D eigenvalue weighted by molar-refractivity contribution is 0.0927. The van der Waals surface area contributed by atoms with Crippen LogP contribution in [0.25, 0.3) is 0 Å². The average Bonchev–Trinajstić information content (AvgIpc) is 2.81. The Kier molecular flexibility index (Phi) is 3.01. The molecule has 0 aliphatic rings. The van der Waals surface area contributed by atoms with Crippen molar-refractivity contribution >= 4 is 17.4 Å². The summed E-state index contributed by atoms with van der Waals surface area (Å²) in [6.45, 7) is 1.78. The molecule has 2 rings (SSSR count). The van der Waals surface area contributed by atoms with Crippen molar-refractivity contribution in [3.8, 4) is 0 Å². The second kappa shape index (κ2) is 4.45. The van der Waals surface area contributed by atoms with Crippen molar-refractivity contribution in [1.29, 1.82) is 0 Å². The summed E-state index contributed by atoms with van der Waals surface area (Å²) in [5.41, 5.74) is 0.618. The van der Waals surface area contributed by atoms with Gasteiger partial charge >= 0.3 is 0 Å². The highest BCUT2D eigenvalue weighted by molar-refractivity contribution is 6.30. The van der Waals surface area contributed by atoms with Crippen LogP contribution >= 0.6 is 11.6 Å². The molecule has 1 aromatic heterocycles. The van der Waals surface area contributed by atoms with Crippen LogP contribution in [0.1, 0.15) is 23.3 Å². The van der Waals surface area contributed by atoms with E-state index in [2.05, 4.69) is 10.3 Å². The molecule has 4 nitrogen and oxygen atoms in total. The number of hydrogen-bond acceptors (Lipinski definition) is 3. The van der Waals surface area contributed by atoms with Gasteiger partial charge < -0.3 is 0 Å². The number of hydrogen-bond donors (Lipinski definition) is 0. The van der Waals surface area contributed by atoms with Gasteiger partial charge in [0.1, 0.15) is 6.04 Å². The van der Waals surface area contributed by atoms with Crippen molar-refractivity contribution in [2.75, 3.05) is 0 Å². The summed E-state index contributed by atoms with van der Waals surface area (Å²) in [5, 5.41) is 8.09. The van der Waals surface area contributed by atoms with Gasteiger partial charge in [-0.25, -0.2) is 4.68 Å². The fraction of sp³-hybridized carbons (Fsp3) is 0.182. The summed E-state index contributed by atoms with van der Waals surface area (Å²) in [7, 11) is 0. The standard InChI is InChI=1S/C11H10ClN3O/c1-8(15-7-6-13-14-15)11(16)9-2-4-10(12)5-3-9/h2-8H,1H3. The quantitative estimate of drug-likeness (QED) is 0.768. The molecule has 0 radical (unpaired) electrons. The molecule has 0 bridgehead atoms. The summed E-state index contributed by atoms with van der Waals surface area (Å²) >= 11 is 5.76. The normalized spacial score (nSPS) is 12.4. The number of benzene rings is 1. The Hall–Kier alpha value is -1.68. The minimum Gasteiger partial charge on any atom is -0.292 e. The molecule has 0 saturated heterocycles. The Morgan fingerprint density at radius 3 is 2.62 bits per heavy atom. The highest BCUT2D eigenvalue weighted by atomic mass is 35.5. The maximum Gasteiger partial charge on any atom is 0.187 e. The molecule has 1 unspecified atom stereocenters. The molecular formula is C11H10ClN3O. The van der Waals surface area contributed by atoms with Gasteiger partial charge in [0.05, 0.1) is 6.20 Å². The molecule has 16 heavy (non-hydrogen) atoms. The van der Waals surface area contributed by atoms with Gasteiger partial charge in [0.15, 0.2) is 5.78 Å². The monoisotopic (exact) mass is 235 g/mol. The van der Waals surface area contributed by atoms with Gasteiger partial charge in [0.25, 0.3) is 0 Å². The number of carbonyl (C=O) groups is 1. The average molecular weight is 236 g/mol. The zero-order valence-electron chi connectivity index (χ0n) is 8.67. The first kappa shape index (κ1) is 10.8. The lowest BCUT2D eigenvalue weighted by Crippen LogP contribution is -2.17. The first-order valence-corrected chi connectivity index (χ1v) is 5.22. The van der Waals surface area contributed by atoms with Crippen molar-refractivity contribution in [3.05, 3.63) is 47.2 Å². The molecule has 82 valence electrons. The van der Waals surface area contributed by atoms with E-state index in [-0.39, 0.29) is 11.8 Å². The van der Waals surface area contributed by atoms with Crippen LogP contribution in [0.5, 0.6) is 0 Å². The van der Waals surface area contributed by atoms with Crippen molar-refractivity contribution in [2.45, 2.75) is 13.0 Å². The SMILES string of the molecule is CC(C(=O)c1ccc(Cl)cc1)n1ccnn1. The fourth-order valence-electron chi connectivity index (χ4n) is 1.40. The molecule has 0 aliphatic carbocycles. The maximum absolute atomic E-state index is 12.0. The van der Waals surface area contributed by atoms with E-state index < -0.39 is 0 Å². The Labute approximate surface area is 97.8 Å².